The second-order valence-corrected chi connectivity index (χ2v) is 8.34. The Kier molecular flexibility index (Phi) is 5.99. The maximum Gasteiger partial charge on any atom is 0.205 e. The Morgan fingerprint density at radius 2 is 1.81 bits per heavy atom. The molecule has 1 unspecified atom stereocenters. The first-order valence-electron chi connectivity index (χ1n) is 9.18. The molecular weight excluding hydrogens is 440 g/mol. The number of anilines is 1. The first kappa shape index (κ1) is 21.0. The van der Waals surface area contributed by atoms with Gasteiger partial charge in [0.25, 0.3) is 0 Å². The van der Waals surface area contributed by atoms with E-state index in [2.05, 4.69) is 16.6 Å². The predicted octanol–water partition coefficient (Wildman–Crippen LogP) is 5.53. The third-order valence-electron chi connectivity index (χ3n) is 4.57. The van der Waals surface area contributed by atoms with Crippen molar-refractivity contribution in [3.8, 4) is 11.8 Å². The highest BCUT2D eigenvalue weighted by Crippen LogP contribution is 2.30. The van der Waals surface area contributed by atoms with E-state index in [0.29, 0.717) is 28.8 Å². The van der Waals surface area contributed by atoms with E-state index >= 15 is 0 Å². The van der Waals surface area contributed by atoms with Gasteiger partial charge in [-0.2, -0.15) is 0 Å². The number of benzene rings is 3. The minimum Gasteiger partial charge on any atom is -0.300 e. The lowest BCUT2D eigenvalue weighted by Crippen LogP contribution is -2.22. The van der Waals surface area contributed by atoms with Gasteiger partial charge in [-0.25, -0.2) is 13.0 Å². The number of carbonyl (C=O) groups excluding carboxylic acids is 1. The number of nitrogens with one attached hydrogen (secondary N) is 1. The van der Waals surface area contributed by atoms with E-state index in [-0.39, 0.29) is 15.7 Å². The number of fused-ring (bicyclic) bond motifs is 1. The smallest absolute Gasteiger partial charge is 0.205 e. The molecule has 1 heterocycles. The molecule has 0 fully saturated rings. The molecule has 1 aliphatic heterocycles. The van der Waals surface area contributed by atoms with Gasteiger partial charge in [-0.1, -0.05) is 41.6 Å². The Bertz CT molecular complexity index is 1310. The summed E-state index contributed by atoms with van der Waals surface area (Å²) in [5.41, 5.74) is 2.74. The molecule has 1 aliphatic rings. The molecule has 0 amide bonds. The van der Waals surface area contributed by atoms with Gasteiger partial charge in [0.05, 0.1) is 10.7 Å². The summed E-state index contributed by atoms with van der Waals surface area (Å²) in [7, 11) is -1.76. The van der Waals surface area contributed by atoms with Crippen molar-refractivity contribution < 1.29 is 17.8 Å². The highest BCUT2D eigenvalue weighted by molar-refractivity contribution is 7.91. The van der Waals surface area contributed by atoms with Crippen LogP contribution in [0.25, 0.3) is 6.08 Å². The summed E-state index contributed by atoms with van der Waals surface area (Å²) in [5, 5.41) is -0.0875. The van der Waals surface area contributed by atoms with Gasteiger partial charge >= 0.3 is 0 Å². The summed E-state index contributed by atoms with van der Waals surface area (Å²) < 4.78 is 41.7. The van der Waals surface area contributed by atoms with Gasteiger partial charge in [0.15, 0.2) is 11.0 Å². The van der Waals surface area contributed by atoms with Crippen LogP contribution in [-0.2, 0) is 17.4 Å². The molecule has 1 N–H and O–H groups in total. The molecule has 0 bridgehead atoms. The fourth-order valence-corrected chi connectivity index (χ4v) is 4.19. The fourth-order valence-electron chi connectivity index (χ4n) is 2.99. The van der Waals surface area contributed by atoms with E-state index in [1.165, 1.54) is 36.4 Å². The zero-order chi connectivity index (χ0) is 22.0. The van der Waals surface area contributed by atoms with Crippen molar-refractivity contribution in [1.82, 2.24) is 0 Å². The van der Waals surface area contributed by atoms with Crippen molar-refractivity contribution in [2.24, 2.45) is 0 Å². The van der Waals surface area contributed by atoms with Gasteiger partial charge in [-0.15, -0.1) is 0 Å². The number of ketones is 1. The van der Waals surface area contributed by atoms with Gasteiger partial charge < -0.3 is 4.72 Å². The topological polar surface area (TPSA) is 46.2 Å². The number of hydrogen-bond acceptors (Lipinski definition) is 2. The molecular formula is C24H14ClF2NO2S. The first-order chi connectivity index (χ1) is 14.9. The third-order valence-corrected chi connectivity index (χ3v) is 5.97. The maximum absolute atomic E-state index is 13.4. The van der Waals surface area contributed by atoms with E-state index in [4.69, 9.17) is 11.6 Å². The van der Waals surface area contributed by atoms with Gasteiger partial charge in [0, 0.05) is 17.5 Å². The molecule has 154 valence electrons. The lowest BCUT2D eigenvalue weighted by atomic mass is 10.0. The SMILES string of the molecule is O=C1/C(=C\c2ccc(F)c(Cl)c2)S(=O)Nc2ccc(C#CCc3ccc(F)cc3)cc21. The number of hydrogen-bond donors (Lipinski definition) is 1. The molecule has 7 heteroatoms. The van der Waals surface area contributed by atoms with Crippen LogP contribution in [0.1, 0.15) is 27.0 Å². The van der Waals surface area contributed by atoms with Crippen molar-refractivity contribution in [2.45, 2.75) is 6.42 Å². The molecule has 3 aromatic rings. The molecule has 0 saturated carbocycles. The van der Waals surface area contributed by atoms with Crippen LogP contribution in [0.5, 0.6) is 0 Å². The second kappa shape index (κ2) is 8.84. The summed E-state index contributed by atoms with van der Waals surface area (Å²) in [4.78, 5) is 13.0. The van der Waals surface area contributed by atoms with Crippen LogP contribution in [0.4, 0.5) is 14.5 Å². The van der Waals surface area contributed by atoms with Crippen LogP contribution in [0, 0.1) is 23.5 Å². The molecule has 0 aromatic heterocycles. The van der Waals surface area contributed by atoms with Crippen molar-refractivity contribution in [2.75, 3.05) is 4.72 Å². The number of rotatable bonds is 2. The highest BCUT2D eigenvalue weighted by Gasteiger charge is 2.27. The quantitative estimate of drug-likeness (QED) is 0.410. The van der Waals surface area contributed by atoms with Crippen LogP contribution in [-0.4, -0.2) is 9.99 Å². The van der Waals surface area contributed by atoms with E-state index in [0.717, 1.165) is 5.56 Å². The van der Waals surface area contributed by atoms with Gasteiger partial charge in [-0.3, -0.25) is 4.79 Å². The molecule has 0 saturated heterocycles. The average molecular weight is 454 g/mol. The summed E-state index contributed by atoms with van der Waals surface area (Å²) in [5.74, 6) is 4.70. The Labute approximate surface area is 185 Å². The monoisotopic (exact) mass is 453 g/mol. The molecule has 0 spiro atoms. The summed E-state index contributed by atoms with van der Waals surface area (Å²) in [6.45, 7) is 0. The maximum atomic E-state index is 13.4. The second-order valence-electron chi connectivity index (χ2n) is 6.75. The van der Waals surface area contributed by atoms with Crippen LogP contribution < -0.4 is 4.72 Å². The van der Waals surface area contributed by atoms with E-state index < -0.39 is 22.6 Å². The number of carbonyl (C=O) groups is 1. The molecule has 0 aliphatic carbocycles. The Morgan fingerprint density at radius 1 is 1.03 bits per heavy atom. The van der Waals surface area contributed by atoms with Gasteiger partial charge in [0.2, 0.25) is 5.78 Å². The molecule has 3 nitrogen and oxygen atoms in total. The number of allylic oxidation sites excluding steroid dienone is 1. The zero-order valence-electron chi connectivity index (χ0n) is 15.9. The van der Waals surface area contributed by atoms with Crippen LogP contribution >= 0.6 is 11.6 Å². The Hall–Kier alpha value is -3.27. The Balaban J connectivity index is 1.60. The zero-order valence-corrected chi connectivity index (χ0v) is 17.5. The molecule has 1 atom stereocenters. The van der Waals surface area contributed by atoms with Gasteiger partial charge in [-0.05, 0) is 59.7 Å². The van der Waals surface area contributed by atoms with Crippen molar-refractivity contribution in [3.05, 3.63) is 104 Å². The summed E-state index contributed by atoms with van der Waals surface area (Å²) in [6, 6.07) is 15.1. The molecule has 31 heavy (non-hydrogen) atoms. The lowest BCUT2D eigenvalue weighted by Gasteiger charge is -2.19. The minimum atomic E-state index is -1.76. The average Bonchev–Trinajstić information content (AvgIpc) is 2.75. The van der Waals surface area contributed by atoms with E-state index in [1.807, 2.05) is 0 Å². The molecule has 0 radical (unpaired) electrons. The summed E-state index contributed by atoms with van der Waals surface area (Å²) >= 11 is 5.79. The normalized spacial score (nSPS) is 16.3. The number of halogens is 3. The van der Waals surface area contributed by atoms with E-state index in [9.17, 15) is 17.8 Å². The van der Waals surface area contributed by atoms with Crippen LogP contribution in [0.15, 0.2) is 65.6 Å². The van der Waals surface area contributed by atoms with E-state index in [1.54, 1.807) is 30.3 Å². The standard InChI is InChI=1S/C24H14ClF2NO2S/c25-20-13-17(6-10-21(20)27)14-23-24(29)19-12-16(7-11-22(19)28-31(23)30)3-1-2-15-4-8-18(26)9-5-15/h4-14,28H,2H2/b23-14+. The van der Waals surface area contributed by atoms with Crippen molar-refractivity contribution in [1.29, 1.82) is 0 Å². The Morgan fingerprint density at radius 3 is 2.55 bits per heavy atom. The third kappa shape index (κ3) is 4.74. The largest absolute Gasteiger partial charge is 0.300 e. The first-order valence-corrected chi connectivity index (χ1v) is 10.7. The number of Topliss-reactive ketones (excluding diaryl/α,β-unsaturated/α-hetero) is 1. The minimum absolute atomic E-state index is 0.0339. The molecule has 3 aromatic carbocycles. The molecule has 4 rings (SSSR count). The van der Waals surface area contributed by atoms with Crippen molar-refractivity contribution in [3.63, 3.8) is 0 Å². The van der Waals surface area contributed by atoms with Crippen LogP contribution in [0.3, 0.4) is 0 Å². The highest BCUT2D eigenvalue weighted by atomic mass is 35.5. The summed E-state index contributed by atoms with van der Waals surface area (Å²) in [6.07, 6.45) is 1.86. The lowest BCUT2D eigenvalue weighted by molar-refractivity contribution is 0.104. The van der Waals surface area contributed by atoms with Crippen molar-refractivity contribution >= 4 is 40.1 Å². The fraction of sp³-hybridized carbons (Fsp3) is 0.0417. The predicted molar refractivity (Wildman–Crippen MR) is 119 cm³/mol. The van der Waals surface area contributed by atoms with Crippen LogP contribution in [0.2, 0.25) is 5.02 Å². The van der Waals surface area contributed by atoms with Gasteiger partial charge in [0.1, 0.15) is 16.5 Å².